The molecule has 1 aromatic heterocycles. The zero-order valence-electron chi connectivity index (χ0n) is 11.6. The van der Waals surface area contributed by atoms with Crippen LogP contribution in [-0.2, 0) is 13.6 Å². The van der Waals surface area contributed by atoms with Gasteiger partial charge in [0.1, 0.15) is 0 Å². The molecule has 0 fully saturated rings. The van der Waals surface area contributed by atoms with E-state index in [-0.39, 0.29) is 0 Å². The van der Waals surface area contributed by atoms with Crippen LogP contribution in [0.1, 0.15) is 22.5 Å². The summed E-state index contributed by atoms with van der Waals surface area (Å²) in [5, 5.41) is 4.22. The number of rotatable bonds is 3. The predicted octanol–water partition coefficient (Wildman–Crippen LogP) is 4.98. The van der Waals surface area contributed by atoms with E-state index < -0.39 is 0 Å². The number of aromatic nitrogens is 1. The van der Waals surface area contributed by atoms with Crippen LogP contribution in [0, 0.1) is 20.8 Å². The molecular weight excluding hydrogens is 324 g/mol. The molecule has 0 spiro atoms. The molecule has 2 rings (SSSR count). The Labute approximate surface area is 127 Å². The van der Waals surface area contributed by atoms with Crippen molar-refractivity contribution < 1.29 is 0 Å². The van der Waals surface area contributed by atoms with Crippen molar-refractivity contribution in [2.45, 2.75) is 27.3 Å². The van der Waals surface area contributed by atoms with E-state index in [4.69, 9.17) is 11.6 Å². The van der Waals surface area contributed by atoms with Crippen LogP contribution in [0.2, 0.25) is 5.02 Å². The fourth-order valence-electron chi connectivity index (χ4n) is 2.08. The van der Waals surface area contributed by atoms with Gasteiger partial charge in [0.05, 0.1) is 5.69 Å². The summed E-state index contributed by atoms with van der Waals surface area (Å²) in [4.78, 5) is 0. The maximum absolute atomic E-state index is 6.16. The van der Waals surface area contributed by atoms with Gasteiger partial charge in [-0.05, 0) is 66.0 Å². The van der Waals surface area contributed by atoms with Crippen LogP contribution >= 0.6 is 27.5 Å². The number of aryl methyl sites for hydroxylation is 2. The summed E-state index contributed by atoms with van der Waals surface area (Å²) in [7, 11) is 2.09. The van der Waals surface area contributed by atoms with Crippen molar-refractivity contribution in [2.75, 3.05) is 5.32 Å². The lowest BCUT2D eigenvalue weighted by atomic mass is 10.2. The highest BCUT2D eigenvalue weighted by molar-refractivity contribution is 9.10. The van der Waals surface area contributed by atoms with Gasteiger partial charge in [0.2, 0.25) is 0 Å². The highest BCUT2D eigenvalue weighted by atomic mass is 79.9. The van der Waals surface area contributed by atoms with Gasteiger partial charge in [-0.1, -0.05) is 11.6 Å². The summed E-state index contributed by atoms with van der Waals surface area (Å²) in [6.07, 6.45) is 0. The van der Waals surface area contributed by atoms with Crippen LogP contribution in [0.25, 0.3) is 0 Å². The normalized spacial score (nSPS) is 10.8. The average Bonchev–Trinajstić information content (AvgIpc) is 2.60. The Hall–Kier alpha value is -0.930. The van der Waals surface area contributed by atoms with Crippen molar-refractivity contribution in [3.05, 3.63) is 50.2 Å². The van der Waals surface area contributed by atoms with Crippen LogP contribution in [0.5, 0.6) is 0 Å². The van der Waals surface area contributed by atoms with Crippen LogP contribution < -0.4 is 5.32 Å². The minimum Gasteiger partial charge on any atom is -0.380 e. The molecule has 0 aliphatic carbocycles. The summed E-state index contributed by atoms with van der Waals surface area (Å²) >= 11 is 9.73. The first kappa shape index (κ1) is 14.5. The maximum Gasteiger partial charge on any atom is 0.0502 e. The average molecular weight is 342 g/mol. The molecule has 1 heterocycles. The van der Waals surface area contributed by atoms with Gasteiger partial charge in [-0.15, -0.1) is 0 Å². The molecule has 19 heavy (non-hydrogen) atoms. The highest BCUT2D eigenvalue weighted by Gasteiger charge is 2.08. The van der Waals surface area contributed by atoms with Crippen molar-refractivity contribution in [3.63, 3.8) is 0 Å². The van der Waals surface area contributed by atoms with Gasteiger partial charge >= 0.3 is 0 Å². The first-order valence-corrected chi connectivity index (χ1v) is 7.38. The molecule has 2 aromatic rings. The Morgan fingerprint density at radius 1 is 1.21 bits per heavy atom. The minimum absolute atomic E-state index is 0.784. The predicted molar refractivity (Wildman–Crippen MR) is 86.1 cm³/mol. The summed E-state index contributed by atoms with van der Waals surface area (Å²) in [5.74, 6) is 0. The number of hydrogen-bond donors (Lipinski definition) is 1. The van der Waals surface area contributed by atoms with E-state index in [1.54, 1.807) is 0 Å². The lowest BCUT2D eigenvalue weighted by molar-refractivity contribution is 0.837. The second-order valence-electron chi connectivity index (χ2n) is 4.89. The number of benzene rings is 1. The first-order chi connectivity index (χ1) is 8.90. The monoisotopic (exact) mass is 340 g/mol. The van der Waals surface area contributed by atoms with E-state index in [0.29, 0.717) is 0 Å². The largest absolute Gasteiger partial charge is 0.380 e. The van der Waals surface area contributed by atoms with Gasteiger partial charge in [0, 0.05) is 34.5 Å². The Bertz CT molecular complexity index is 617. The lowest BCUT2D eigenvalue weighted by Gasteiger charge is -2.11. The van der Waals surface area contributed by atoms with Gasteiger partial charge in [0.15, 0.2) is 0 Å². The molecule has 1 aromatic carbocycles. The van der Waals surface area contributed by atoms with E-state index >= 15 is 0 Å². The van der Waals surface area contributed by atoms with Gasteiger partial charge in [-0.3, -0.25) is 0 Å². The molecule has 2 nitrogen and oxygen atoms in total. The number of hydrogen-bond acceptors (Lipinski definition) is 1. The van der Waals surface area contributed by atoms with Crippen molar-refractivity contribution in [2.24, 2.45) is 7.05 Å². The van der Waals surface area contributed by atoms with Gasteiger partial charge < -0.3 is 9.88 Å². The molecule has 4 heteroatoms. The molecule has 0 unspecified atom stereocenters. The number of nitrogens with zero attached hydrogens (tertiary/aromatic N) is 1. The zero-order valence-corrected chi connectivity index (χ0v) is 14.0. The standard InChI is InChI=1S/C15H18BrClN2/c1-9-5-13(16)15(7-14(9)17)18-8-12-6-10(2)19(4)11(12)3/h5-7,18H,8H2,1-4H3. The first-order valence-electron chi connectivity index (χ1n) is 6.21. The Balaban J connectivity index is 2.19. The number of anilines is 1. The molecular formula is C15H18BrClN2. The third-order valence-corrected chi connectivity index (χ3v) is 4.66. The van der Waals surface area contributed by atoms with E-state index in [1.807, 2.05) is 19.1 Å². The Morgan fingerprint density at radius 3 is 2.47 bits per heavy atom. The Morgan fingerprint density at radius 2 is 1.89 bits per heavy atom. The molecule has 0 saturated carbocycles. The Kier molecular flexibility index (Phi) is 4.26. The number of halogens is 2. The molecule has 0 saturated heterocycles. The minimum atomic E-state index is 0.784. The van der Waals surface area contributed by atoms with Crippen LogP contribution in [0.4, 0.5) is 5.69 Å². The van der Waals surface area contributed by atoms with Gasteiger partial charge in [-0.25, -0.2) is 0 Å². The van der Waals surface area contributed by atoms with Crippen molar-refractivity contribution in [1.82, 2.24) is 4.57 Å². The van der Waals surface area contributed by atoms with Crippen LogP contribution in [0.15, 0.2) is 22.7 Å². The number of nitrogens with one attached hydrogen (secondary N) is 1. The topological polar surface area (TPSA) is 17.0 Å². The SMILES string of the molecule is Cc1cc(Br)c(NCc2cc(C)n(C)c2C)cc1Cl. The van der Waals surface area contributed by atoms with Gasteiger partial charge in [0.25, 0.3) is 0 Å². The molecule has 0 atom stereocenters. The third kappa shape index (κ3) is 2.98. The third-order valence-electron chi connectivity index (χ3n) is 3.60. The summed E-state index contributed by atoms with van der Waals surface area (Å²) in [5.41, 5.74) is 5.97. The molecule has 0 radical (unpaired) electrons. The van der Waals surface area contributed by atoms with Crippen LogP contribution in [-0.4, -0.2) is 4.57 Å². The summed E-state index contributed by atoms with van der Waals surface area (Å²) < 4.78 is 3.24. The van der Waals surface area contributed by atoms with Crippen molar-refractivity contribution in [1.29, 1.82) is 0 Å². The maximum atomic E-state index is 6.16. The molecule has 1 N–H and O–H groups in total. The smallest absolute Gasteiger partial charge is 0.0502 e. The fourth-order valence-corrected chi connectivity index (χ4v) is 2.85. The lowest BCUT2D eigenvalue weighted by Crippen LogP contribution is -2.02. The molecule has 0 bridgehead atoms. The second-order valence-corrected chi connectivity index (χ2v) is 6.15. The quantitative estimate of drug-likeness (QED) is 0.833. The van der Waals surface area contributed by atoms with E-state index in [9.17, 15) is 0 Å². The van der Waals surface area contributed by atoms with E-state index in [2.05, 4.69) is 52.8 Å². The molecule has 0 aliphatic rings. The molecule has 0 aliphatic heterocycles. The summed E-state index contributed by atoms with van der Waals surface area (Å²) in [6.45, 7) is 7.06. The summed E-state index contributed by atoms with van der Waals surface area (Å²) in [6, 6.07) is 6.21. The molecule has 102 valence electrons. The van der Waals surface area contributed by atoms with Gasteiger partial charge in [-0.2, -0.15) is 0 Å². The van der Waals surface area contributed by atoms with Crippen molar-refractivity contribution in [3.8, 4) is 0 Å². The van der Waals surface area contributed by atoms with Crippen molar-refractivity contribution >= 4 is 33.2 Å². The van der Waals surface area contributed by atoms with Crippen LogP contribution in [0.3, 0.4) is 0 Å². The van der Waals surface area contributed by atoms with E-state index in [1.165, 1.54) is 17.0 Å². The molecule has 0 amide bonds. The fraction of sp³-hybridized carbons (Fsp3) is 0.333. The highest BCUT2D eigenvalue weighted by Crippen LogP contribution is 2.29. The van der Waals surface area contributed by atoms with E-state index in [0.717, 1.165) is 27.3 Å². The second kappa shape index (κ2) is 5.59. The zero-order chi connectivity index (χ0) is 14.2.